The van der Waals surface area contributed by atoms with Crippen LogP contribution in [0.2, 0.25) is 5.02 Å². The number of thiophene rings is 1. The number of carbonyl (C=O) groups excluding carboxylic acids is 2. The zero-order valence-corrected chi connectivity index (χ0v) is 10.8. The van der Waals surface area contributed by atoms with Crippen molar-refractivity contribution in [3.05, 3.63) is 51.2 Å². The first-order valence-corrected chi connectivity index (χ1v) is 6.66. The fraction of sp³-hybridized carbons (Fsp3) is 0.0769. The molecular weight excluding hydrogens is 270 g/mol. The maximum absolute atomic E-state index is 11.9. The second kappa shape index (κ2) is 4.23. The predicted molar refractivity (Wildman–Crippen MR) is 71.3 cm³/mol. The van der Waals surface area contributed by atoms with Crippen molar-refractivity contribution in [1.29, 1.82) is 0 Å². The normalized spacial score (nSPS) is 14.2. The molecule has 5 heteroatoms. The van der Waals surface area contributed by atoms with Crippen molar-refractivity contribution < 1.29 is 9.59 Å². The number of amides is 1. The van der Waals surface area contributed by atoms with Crippen molar-refractivity contribution in [2.24, 2.45) is 0 Å². The van der Waals surface area contributed by atoms with E-state index in [9.17, 15) is 9.59 Å². The molecule has 0 N–H and O–H groups in total. The minimum Gasteiger partial charge on any atom is -0.300 e. The Kier molecular flexibility index (Phi) is 2.69. The third kappa shape index (κ3) is 1.74. The second-order valence-corrected chi connectivity index (χ2v) is 5.23. The molecule has 2 heterocycles. The number of anilines is 1. The number of hydrogen-bond donors (Lipinski definition) is 0. The summed E-state index contributed by atoms with van der Waals surface area (Å²) in [6.07, 6.45) is 0. The summed E-state index contributed by atoms with van der Waals surface area (Å²) >= 11 is 7.48. The molecule has 90 valence electrons. The number of nitrogens with zero attached hydrogens (tertiary/aromatic N) is 1. The summed E-state index contributed by atoms with van der Waals surface area (Å²) in [5.74, 6) is -0.949. The number of carbonyl (C=O) groups is 2. The topological polar surface area (TPSA) is 37.4 Å². The Balaban J connectivity index is 2.03. The van der Waals surface area contributed by atoms with E-state index in [1.165, 1.54) is 4.90 Å². The van der Waals surface area contributed by atoms with Gasteiger partial charge in [0.15, 0.2) is 0 Å². The number of fused-ring (bicyclic) bond motifs is 1. The molecule has 0 bridgehead atoms. The highest BCUT2D eigenvalue weighted by atomic mass is 35.5. The van der Waals surface area contributed by atoms with Crippen LogP contribution < -0.4 is 4.90 Å². The molecule has 1 aromatic carbocycles. The van der Waals surface area contributed by atoms with E-state index in [1.807, 2.05) is 16.8 Å². The average Bonchev–Trinajstić information content (AvgIpc) is 2.93. The Hall–Kier alpha value is -1.65. The quantitative estimate of drug-likeness (QED) is 0.791. The molecule has 3 rings (SSSR count). The summed E-state index contributed by atoms with van der Waals surface area (Å²) in [5.41, 5.74) is 2.04. The van der Waals surface area contributed by atoms with Gasteiger partial charge in [0.05, 0.1) is 17.8 Å². The molecular formula is C13H8ClNO2S. The molecule has 0 atom stereocenters. The van der Waals surface area contributed by atoms with Gasteiger partial charge in [-0.1, -0.05) is 11.6 Å². The van der Waals surface area contributed by atoms with E-state index < -0.39 is 11.7 Å². The smallest absolute Gasteiger partial charge is 0.299 e. The van der Waals surface area contributed by atoms with E-state index in [0.29, 0.717) is 22.8 Å². The van der Waals surface area contributed by atoms with Gasteiger partial charge in [0.25, 0.3) is 11.7 Å². The van der Waals surface area contributed by atoms with Gasteiger partial charge < -0.3 is 4.90 Å². The Morgan fingerprint density at radius 1 is 1.22 bits per heavy atom. The summed E-state index contributed by atoms with van der Waals surface area (Å²) in [6.45, 7) is 0.404. The first-order valence-electron chi connectivity index (χ1n) is 5.33. The number of ketones is 1. The molecule has 1 amide bonds. The first kappa shape index (κ1) is 11.4. The number of hydrogen-bond acceptors (Lipinski definition) is 3. The van der Waals surface area contributed by atoms with E-state index in [1.54, 1.807) is 29.5 Å². The Labute approximate surface area is 113 Å². The van der Waals surface area contributed by atoms with Gasteiger partial charge in [-0.15, -0.1) is 0 Å². The van der Waals surface area contributed by atoms with Gasteiger partial charge in [-0.2, -0.15) is 11.3 Å². The lowest BCUT2D eigenvalue weighted by Crippen LogP contribution is -2.28. The standard InChI is InChI=1S/C13H8ClNO2S/c14-9-1-2-10-11(5-9)15(13(17)12(10)16)6-8-3-4-18-7-8/h1-5,7H,6H2. The summed E-state index contributed by atoms with van der Waals surface area (Å²) in [7, 11) is 0. The molecule has 2 aromatic rings. The largest absolute Gasteiger partial charge is 0.300 e. The molecule has 1 aromatic heterocycles. The zero-order chi connectivity index (χ0) is 12.7. The maximum atomic E-state index is 11.9. The van der Waals surface area contributed by atoms with Crippen molar-refractivity contribution in [2.75, 3.05) is 4.90 Å². The van der Waals surface area contributed by atoms with Crippen LogP contribution in [0.4, 0.5) is 5.69 Å². The number of benzene rings is 1. The van der Waals surface area contributed by atoms with Crippen LogP contribution in [0.25, 0.3) is 0 Å². The van der Waals surface area contributed by atoms with E-state index in [-0.39, 0.29) is 0 Å². The molecule has 1 aliphatic rings. The number of halogens is 1. The zero-order valence-electron chi connectivity index (χ0n) is 9.22. The first-order chi connectivity index (χ1) is 8.66. The highest BCUT2D eigenvalue weighted by Gasteiger charge is 2.35. The Morgan fingerprint density at radius 3 is 2.78 bits per heavy atom. The average molecular weight is 278 g/mol. The van der Waals surface area contributed by atoms with Gasteiger partial charge in [0, 0.05) is 5.02 Å². The molecule has 0 fully saturated rings. The Bertz CT molecular complexity index is 636. The van der Waals surface area contributed by atoms with Crippen molar-refractivity contribution >= 4 is 40.3 Å². The van der Waals surface area contributed by atoms with E-state index in [2.05, 4.69) is 0 Å². The van der Waals surface area contributed by atoms with Gasteiger partial charge in [-0.25, -0.2) is 0 Å². The van der Waals surface area contributed by atoms with Gasteiger partial charge in [0.1, 0.15) is 0 Å². The number of Topliss-reactive ketones (excluding diaryl/α,β-unsaturated/α-hetero) is 1. The predicted octanol–water partition coefficient (Wildman–Crippen LogP) is 3.13. The molecule has 1 aliphatic heterocycles. The molecule has 0 aliphatic carbocycles. The summed E-state index contributed by atoms with van der Waals surface area (Å²) < 4.78 is 0. The van der Waals surface area contributed by atoms with E-state index >= 15 is 0 Å². The Morgan fingerprint density at radius 2 is 2.06 bits per heavy atom. The lowest BCUT2D eigenvalue weighted by Gasteiger charge is -2.15. The molecule has 18 heavy (non-hydrogen) atoms. The summed E-state index contributed by atoms with van der Waals surface area (Å²) in [4.78, 5) is 25.2. The highest BCUT2D eigenvalue weighted by molar-refractivity contribution is 7.07. The van der Waals surface area contributed by atoms with Crippen LogP contribution in [-0.4, -0.2) is 11.7 Å². The van der Waals surface area contributed by atoms with Crippen LogP contribution >= 0.6 is 22.9 Å². The van der Waals surface area contributed by atoms with E-state index in [4.69, 9.17) is 11.6 Å². The van der Waals surface area contributed by atoms with Crippen LogP contribution in [0.3, 0.4) is 0 Å². The molecule has 0 unspecified atom stereocenters. The minimum atomic E-state index is -0.488. The van der Waals surface area contributed by atoms with Crippen LogP contribution in [0.15, 0.2) is 35.0 Å². The fourth-order valence-corrected chi connectivity index (χ4v) is 2.82. The molecule has 0 radical (unpaired) electrons. The molecule has 0 spiro atoms. The van der Waals surface area contributed by atoms with Crippen LogP contribution in [0, 0.1) is 0 Å². The number of rotatable bonds is 2. The highest BCUT2D eigenvalue weighted by Crippen LogP contribution is 2.32. The van der Waals surface area contributed by atoms with Crippen molar-refractivity contribution in [3.63, 3.8) is 0 Å². The summed E-state index contributed by atoms with van der Waals surface area (Å²) in [5, 5.41) is 4.42. The van der Waals surface area contributed by atoms with E-state index in [0.717, 1.165) is 5.56 Å². The van der Waals surface area contributed by atoms with Crippen molar-refractivity contribution in [1.82, 2.24) is 0 Å². The SMILES string of the molecule is O=C1C(=O)N(Cc2ccsc2)c2cc(Cl)ccc21. The third-order valence-corrected chi connectivity index (χ3v) is 3.82. The summed E-state index contributed by atoms with van der Waals surface area (Å²) in [6, 6.07) is 6.82. The molecule has 0 saturated heterocycles. The lowest BCUT2D eigenvalue weighted by atomic mass is 10.1. The van der Waals surface area contributed by atoms with Gasteiger partial charge >= 0.3 is 0 Å². The van der Waals surface area contributed by atoms with Gasteiger partial charge in [0.2, 0.25) is 0 Å². The van der Waals surface area contributed by atoms with Gasteiger partial charge in [-0.3, -0.25) is 9.59 Å². The third-order valence-electron chi connectivity index (χ3n) is 2.86. The monoisotopic (exact) mass is 277 g/mol. The molecule has 0 saturated carbocycles. The van der Waals surface area contributed by atoms with Gasteiger partial charge in [-0.05, 0) is 40.6 Å². The van der Waals surface area contributed by atoms with Crippen molar-refractivity contribution in [3.8, 4) is 0 Å². The van der Waals surface area contributed by atoms with Crippen LogP contribution in [0.5, 0.6) is 0 Å². The second-order valence-electron chi connectivity index (χ2n) is 4.01. The van der Waals surface area contributed by atoms with Crippen LogP contribution in [-0.2, 0) is 11.3 Å². The fourth-order valence-electron chi connectivity index (χ4n) is 1.99. The maximum Gasteiger partial charge on any atom is 0.299 e. The van der Waals surface area contributed by atoms with Crippen molar-refractivity contribution in [2.45, 2.75) is 6.54 Å². The molecule has 3 nitrogen and oxygen atoms in total. The lowest BCUT2D eigenvalue weighted by molar-refractivity contribution is -0.114. The van der Waals surface area contributed by atoms with Crippen LogP contribution in [0.1, 0.15) is 15.9 Å². The minimum absolute atomic E-state index is 0.404.